The molecule has 0 amide bonds. The fourth-order valence-electron chi connectivity index (χ4n) is 4.46. The summed E-state index contributed by atoms with van der Waals surface area (Å²) in [6.45, 7) is 10.1. The predicted octanol–water partition coefficient (Wildman–Crippen LogP) is 3.79. The highest BCUT2D eigenvalue weighted by Crippen LogP contribution is 2.24. The molecule has 0 spiro atoms. The Labute approximate surface area is 204 Å². The lowest BCUT2D eigenvalue weighted by Gasteiger charge is -2.23. The number of nitrogens with zero attached hydrogens (tertiary/aromatic N) is 6. The molecule has 0 radical (unpaired) electrons. The first-order valence-corrected chi connectivity index (χ1v) is 12.1. The molecule has 1 aromatic carbocycles. The van der Waals surface area contributed by atoms with Crippen molar-refractivity contribution in [1.82, 2.24) is 29.6 Å². The van der Waals surface area contributed by atoms with Gasteiger partial charge in [-0.15, -0.1) is 0 Å². The summed E-state index contributed by atoms with van der Waals surface area (Å²) < 4.78 is 3.60. The second kappa shape index (κ2) is 9.14. The number of hydrogen-bond donors (Lipinski definition) is 2. The van der Waals surface area contributed by atoms with E-state index in [4.69, 9.17) is 4.98 Å². The van der Waals surface area contributed by atoms with Crippen LogP contribution in [-0.4, -0.2) is 43.9 Å². The molecule has 4 heterocycles. The molecule has 0 saturated carbocycles. The van der Waals surface area contributed by atoms with Crippen molar-refractivity contribution in [2.75, 3.05) is 23.8 Å². The Morgan fingerprint density at radius 1 is 1.09 bits per heavy atom. The number of anilines is 3. The van der Waals surface area contributed by atoms with E-state index in [0.717, 1.165) is 36.7 Å². The Kier molecular flexibility index (Phi) is 6.02. The van der Waals surface area contributed by atoms with E-state index < -0.39 is 0 Å². The molecule has 0 saturated heterocycles. The van der Waals surface area contributed by atoms with Gasteiger partial charge in [0.25, 0.3) is 5.56 Å². The molecular weight excluding hydrogens is 440 g/mol. The number of fused-ring (bicyclic) bond motifs is 2. The van der Waals surface area contributed by atoms with Gasteiger partial charge in [-0.05, 0) is 70.0 Å². The Balaban J connectivity index is 1.61. The lowest BCUT2D eigenvalue weighted by Crippen LogP contribution is -2.27. The van der Waals surface area contributed by atoms with Gasteiger partial charge in [0.2, 0.25) is 5.95 Å². The number of rotatable bonds is 6. The molecule has 1 aliphatic heterocycles. The molecule has 1 aliphatic rings. The number of pyridine rings is 1. The molecule has 9 nitrogen and oxygen atoms in total. The van der Waals surface area contributed by atoms with Crippen molar-refractivity contribution in [3.8, 4) is 5.69 Å². The first-order chi connectivity index (χ1) is 16.8. The first-order valence-electron chi connectivity index (χ1n) is 12.1. The summed E-state index contributed by atoms with van der Waals surface area (Å²) in [6.07, 6.45) is 4.42. The van der Waals surface area contributed by atoms with E-state index in [1.807, 2.05) is 37.7 Å². The molecule has 2 N–H and O–H groups in total. The Bertz CT molecular complexity index is 1440. The van der Waals surface area contributed by atoms with Crippen LogP contribution >= 0.6 is 0 Å². The van der Waals surface area contributed by atoms with Gasteiger partial charge in [0.05, 0.1) is 5.69 Å². The average molecular weight is 473 g/mol. The van der Waals surface area contributed by atoms with Crippen molar-refractivity contribution in [1.29, 1.82) is 0 Å². The Hall–Kier alpha value is -3.72. The topological polar surface area (TPSA) is 92.9 Å². The van der Waals surface area contributed by atoms with E-state index in [1.165, 1.54) is 11.1 Å². The summed E-state index contributed by atoms with van der Waals surface area (Å²) in [5, 5.41) is 7.23. The monoisotopic (exact) mass is 472 g/mol. The van der Waals surface area contributed by atoms with Crippen LogP contribution in [0.4, 0.5) is 17.5 Å². The highest BCUT2D eigenvalue weighted by molar-refractivity contribution is 5.77. The Morgan fingerprint density at radius 3 is 2.69 bits per heavy atom. The summed E-state index contributed by atoms with van der Waals surface area (Å²) in [6, 6.07) is 10.5. The molecule has 5 rings (SSSR count). The van der Waals surface area contributed by atoms with Crippen molar-refractivity contribution in [2.45, 2.75) is 52.7 Å². The largest absolute Gasteiger partial charge is 0.357 e. The highest BCUT2D eigenvalue weighted by atomic mass is 16.1. The van der Waals surface area contributed by atoms with E-state index in [0.29, 0.717) is 17.0 Å². The van der Waals surface area contributed by atoms with Gasteiger partial charge < -0.3 is 15.5 Å². The van der Waals surface area contributed by atoms with Gasteiger partial charge in [0, 0.05) is 49.8 Å². The summed E-state index contributed by atoms with van der Waals surface area (Å²) >= 11 is 0. The minimum atomic E-state index is -0.114. The van der Waals surface area contributed by atoms with E-state index in [2.05, 4.69) is 57.5 Å². The molecule has 0 unspecified atom stereocenters. The van der Waals surface area contributed by atoms with Crippen molar-refractivity contribution in [3.05, 3.63) is 64.2 Å². The van der Waals surface area contributed by atoms with Gasteiger partial charge in [0.1, 0.15) is 11.2 Å². The van der Waals surface area contributed by atoms with Crippen LogP contribution in [0.15, 0.2) is 47.5 Å². The molecule has 0 fully saturated rings. The van der Waals surface area contributed by atoms with Gasteiger partial charge in [-0.2, -0.15) is 4.98 Å². The minimum Gasteiger partial charge on any atom is -0.357 e. The number of aromatic nitrogens is 5. The molecule has 35 heavy (non-hydrogen) atoms. The second-order valence-electron chi connectivity index (χ2n) is 9.60. The van der Waals surface area contributed by atoms with Crippen molar-refractivity contribution in [3.63, 3.8) is 0 Å². The molecule has 0 bridgehead atoms. The SMILES string of the molecule is CC(C)N(C)c1cc(-n2c3nc(Nc4ccc5c(c4)CNCC5)ncc3c(=O)n2C(C)C)ccn1. The molecular formula is C26H32N8O. The maximum absolute atomic E-state index is 13.3. The van der Waals surface area contributed by atoms with Gasteiger partial charge in [0.15, 0.2) is 5.65 Å². The molecule has 0 aliphatic carbocycles. The van der Waals surface area contributed by atoms with Crippen LogP contribution in [0.25, 0.3) is 16.7 Å². The van der Waals surface area contributed by atoms with Gasteiger partial charge in [-0.25, -0.2) is 19.3 Å². The maximum Gasteiger partial charge on any atom is 0.278 e. The normalized spacial score (nSPS) is 13.5. The maximum atomic E-state index is 13.3. The quantitative estimate of drug-likeness (QED) is 0.441. The molecule has 4 aromatic rings. The number of benzene rings is 1. The van der Waals surface area contributed by atoms with Crippen LogP contribution in [-0.2, 0) is 13.0 Å². The lowest BCUT2D eigenvalue weighted by atomic mass is 10.0. The molecule has 0 atom stereocenters. The molecule has 9 heteroatoms. The third-order valence-corrected chi connectivity index (χ3v) is 6.57. The van der Waals surface area contributed by atoms with E-state index in [1.54, 1.807) is 17.1 Å². The van der Waals surface area contributed by atoms with Crippen molar-refractivity contribution < 1.29 is 0 Å². The van der Waals surface area contributed by atoms with Gasteiger partial charge >= 0.3 is 0 Å². The zero-order valence-corrected chi connectivity index (χ0v) is 20.9. The fourth-order valence-corrected chi connectivity index (χ4v) is 4.46. The lowest BCUT2D eigenvalue weighted by molar-refractivity contribution is 0.476. The van der Waals surface area contributed by atoms with Crippen molar-refractivity contribution in [2.24, 2.45) is 0 Å². The van der Waals surface area contributed by atoms with E-state index in [9.17, 15) is 4.79 Å². The predicted molar refractivity (Wildman–Crippen MR) is 140 cm³/mol. The molecule has 3 aromatic heterocycles. The third-order valence-electron chi connectivity index (χ3n) is 6.57. The van der Waals surface area contributed by atoms with Crippen LogP contribution in [0.5, 0.6) is 0 Å². The summed E-state index contributed by atoms with van der Waals surface area (Å²) in [5.74, 6) is 1.28. The number of hydrogen-bond acceptors (Lipinski definition) is 7. The van der Waals surface area contributed by atoms with Gasteiger partial charge in [-0.1, -0.05) is 6.07 Å². The van der Waals surface area contributed by atoms with Crippen LogP contribution in [0.3, 0.4) is 0 Å². The van der Waals surface area contributed by atoms with Crippen LogP contribution in [0, 0.1) is 0 Å². The minimum absolute atomic E-state index is 0.0688. The standard InChI is InChI=1S/C26H32N8O/c1-16(2)32(5)23-13-21(9-11-28-23)34-24-22(25(35)33(34)17(3)4)15-29-26(31-24)30-20-7-6-18-8-10-27-14-19(18)12-20/h6-7,9,11-13,15-17,27H,8,10,14H2,1-5H3,(H,29,30,31). The molecule has 182 valence electrons. The summed E-state index contributed by atoms with van der Waals surface area (Å²) in [5.41, 5.74) is 4.85. The van der Waals surface area contributed by atoms with Crippen LogP contribution in [0.1, 0.15) is 44.9 Å². The van der Waals surface area contributed by atoms with Crippen LogP contribution < -0.4 is 21.1 Å². The van der Waals surface area contributed by atoms with E-state index in [-0.39, 0.29) is 17.6 Å². The number of nitrogens with one attached hydrogen (secondary N) is 2. The highest BCUT2D eigenvalue weighted by Gasteiger charge is 2.20. The average Bonchev–Trinajstić information content (AvgIpc) is 3.15. The van der Waals surface area contributed by atoms with Gasteiger partial charge in [-0.3, -0.25) is 4.79 Å². The fraction of sp³-hybridized carbons (Fsp3) is 0.385. The van der Waals surface area contributed by atoms with Crippen molar-refractivity contribution >= 4 is 28.5 Å². The first kappa shape index (κ1) is 23.0. The van der Waals surface area contributed by atoms with E-state index >= 15 is 0 Å². The Morgan fingerprint density at radius 2 is 1.91 bits per heavy atom. The summed E-state index contributed by atoms with van der Waals surface area (Å²) in [7, 11) is 2.01. The zero-order valence-electron chi connectivity index (χ0n) is 20.9. The second-order valence-corrected chi connectivity index (χ2v) is 9.60. The third kappa shape index (κ3) is 4.27. The summed E-state index contributed by atoms with van der Waals surface area (Å²) in [4.78, 5) is 29.2. The smallest absolute Gasteiger partial charge is 0.278 e. The zero-order chi connectivity index (χ0) is 24.7. The van der Waals surface area contributed by atoms with Crippen LogP contribution in [0.2, 0.25) is 0 Å².